The molecule has 0 aromatic rings. The molecule has 0 N–H and O–H groups in total. The van der Waals surface area contributed by atoms with Crippen LogP contribution in [-0.2, 0) is 13.4 Å². The summed E-state index contributed by atoms with van der Waals surface area (Å²) >= 11 is 0. The largest absolute Gasteiger partial charge is 3.00 e. The van der Waals surface area contributed by atoms with Crippen molar-refractivity contribution in [2.75, 3.05) is 0 Å². The van der Waals surface area contributed by atoms with Gasteiger partial charge in [-0.05, 0) is 0 Å². The predicted molar refractivity (Wildman–Crippen MR) is 42.3 cm³/mol. The summed E-state index contributed by atoms with van der Waals surface area (Å²) < 4.78 is 25.6. The van der Waals surface area contributed by atoms with E-state index in [1.165, 1.54) is 0 Å². The summed E-state index contributed by atoms with van der Waals surface area (Å²) in [5.74, 6) is 0. The SMILES string of the molecule is O=[Si]([O-])[O-].O=[Si]([O-])[O-].O=[Si]([O-])[O-].[Ga].[Ga].[In+3].[In+3]. The van der Waals surface area contributed by atoms with Crippen LogP contribution < -0.4 is 28.8 Å². The van der Waals surface area contributed by atoms with E-state index in [2.05, 4.69) is 0 Å². The molecule has 0 amide bonds. The Bertz CT molecular complexity index is 124. The zero-order chi connectivity index (χ0) is 10.7. The molecule has 0 fully saturated rings. The van der Waals surface area contributed by atoms with Crippen molar-refractivity contribution in [2.45, 2.75) is 0 Å². The van der Waals surface area contributed by atoms with E-state index in [0.29, 0.717) is 0 Å². The molecule has 0 aliphatic heterocycles. The first-order chi connectivity index (χ1) is 5.20. The van der Waals surface area contributed by atoms with E-state index < -0.39 is 27.5 Å². The van der Waals surface area contributed by atoms with E-state index in [0.717, 1.165) is 0 Å². The second kappa shape index (κ2) is 36.0. The van der Waals surface area contributed by atoms with E-state index in [1.807, 2.05) is 0 Å². The Labute approximate surface area is 159 Å². The molecule has 0 saturated heterocycles. The van der Waals surface area contributed by atoms with Gasteiger partial charge in [0.1, 0.15) is 0 Å². The monoisotopic (exact) mass is 596 g/mol. The van der Waals surface area contributed by atoms with Crippen LogP contribution in [0.15, 0.2) is 0 Å². The van der Waals surface area contributed by atoms with E-state index in [1.54, 1.807) is 0 Å². The fraction of sp³-hybridized carbons (Fsp3) is 0. The predicted octanol–water partition coefficient (Wildman–Crippen LogP) is -10.2. The molecule has 0 aromatic heterocycles. The van der Waals surface area contributed by atoms with Crippen molar-refractivity contribution in [1.29, 1.82) is 0 Å². The van der Waals surface area contributed by atoms with Crippen LogP contribution in [0.25, 0.3) is 0 Å². The minimum Gasteiger partial charge on any atom is -0.672 e. The fourth-order valence-corrected chi connectivity index (χ4v) is 0. The van der Waals surface area contributed by atoms with Crippen LogP contribution in [0, 0.1) is 0 Å². The average Bonchev–Trinajstić information content (AvgIpc) is 1.54. The Balaban J connectivity index is -0.0000000135. The number of rotatable bonds is 0. The van der Waals surface area contributed by atoms with Crippen molar-refractivity contribution in [2.24, 2.45) is 0 Å². The third-order valence-electron chi connectivity index (χ3n) is 0. The Morgan fingerprint density at radius 2 is 0.500 bits per heavy atom. The Morgan fingerprint density at radius 3 is 0.500 bits per heavy atom. The van der Waals surface area contributed by atoms with Gasteiger partial charge in [-0.25, -0.2) is 0 Å². The molecule has 0 aliphatic carbocycles. The third kappa shape index (κ3) is 1010. The maximum Gasteiger partial charge on any atom is 3.00 e. The van der Waals surface area contributed by atoms with Crippen LogP contribution in [0.2, 0.25) is 0 Å². The number of hydrogen-bond donors (Lipinski definition) is 0. The van der Waals surface area contributed by atoms with Crippen LogP contribution in [0.5, 0.6) is 0 Å². The van der Waals surface area contributed by atoms with E-state index in [9.17, 15) is 0 Å². The molecule has 9 nitrogen and oxygen atoms in total. The summed E-state index contributed by atoms with van der Waals surface area (Å²) in [7, 11) is -10.9. The smallest absolute Gasteiger partial charge is 0.672 e. The van der Waals surface area contributed by atoms with Gasteiger partial charge in [0.2, 0.25) is 0 Å². The van der Waals surface area contributed by atoms with Crippen molar-refractivity contribution >= 4 is 119 Å². The molecule has 0 spiro atoms. The Hall–Kier alpha value is 1.86. The van der Waals surface area contributed by atoms with Gasteiger partial charge in [0.05, 0.1) is 0 Å². The molecule has 0 aromatic carbocycles. The Kier molecular flexibility index (Phi) is 96.7. The molecule has 0 heterocycles. The molecule has 0 aliphatic rings. The van der Waals surface area contributed by atoms with Gasteiger partial charge in [-0.3, -0.25) is 0 Å². The van der Waals surface area contributed by atoms with Crippen LogP contribution in [-0.4, -0.2) is 119 Å². The van der Waals surface area contributed by atoms with Gasteiger partial charge in [-0.15, -0.1) is 0 Å². The zero-order valence-corrected chi connectivity index (χ0v) is 21.9. The first-order valence-corrected chi connectivity index (χ1v) is 5.51. The molecule has 0 unspecified atom stereocenters. The van der Waals surface area contributed by atoms with E-state index in [-0.39, 0.29) is 91.3 Å². The number of hydrogen-bond acceptors (Lipinski definition) is 9. The van der Waals surface area contributed by atoms with Gasteiger partial charge in [0, 0.05) is 67.1 Å². The van der Waals surface area contributed by atoms with Crippen molar-refractivity contribution in [3.63, 3.8) is 0 Å². The second-order valence-corrected chi connectivity index (χ2v) is 2.25. The molecule has 0 saturated carbocycles. The van der Waals surface area contributed by atoms with Crippen molar-refractivity contribution in [3.05, 3.63) is 0 Å². The van der Waals surface area contributed by atoms with Crippen molar-refractivity contribution < 1.29 is 42.2 Å². The van der Waals surface area contributed by atoms with Gasteiger partial charge < -0.3 is 42.2 Å². The summed E-state index contributed by atoms with van der Waals surface area (Å²) in [4.78, 5) is 51.1. The second-order valence-electron chi connectivity index (χ2n) is 0.750. The maximum absolute atomic E-state index is 8.52. The molecule has 16 heteroatoms. The molecular weight excluding hydrogens is 597 g/mol. The molecule has 0 atom stereocenters. The van der Waals surface area contributed by atoms with Crippen LogP contribution in [0.3, 0.4) is 0 Å². The molecule has 6 radical (unpaired) electrons. The van der Waals surface area contributed by atoms with Crippen LogP contribution in [0.1, 0.15) is 0 Å². The first kappa shape index (κ1) is 43.0. The van der Waals surface area contributed by atoms with Crippen molar-refractivity contribution in [3.8, 4) is 0 Å². The van der Waals surface area contributed by atoms with Crippen LogP contribution >= 0.6 is 0 Å². The van der Waals surface area contributed by atoms with Gasteiger partial charge in [0.25, 0.3) is 0 Å². The summed E-state index contributed by atoms with van der Waals surface area (Å²) in [5, 5.41) is 0. The molecular formula is Ga2In2O9Si3. The van der Waals surface area contributed by atoms with Gasteiger partial charge in [-0.2, -0.15) is 0 Å². The molecule has 16 heavy (non-hydrogen) atoms. The van der Waals surface area contributed by atoms with Crippen molar-refractivity contribution in [1.82, 2.24) is 0 Å². The molecule has 78 valence electrons. The fourth-order valence-electron chi connectivity index (χ4n) is 0. The maximum atomic E-state index is 8.52. The quantitative estimate of drug-likeness (QED) is 0.244. The third-order valence-corrected chi connectivity index (χ3v) is 0. The summed E-state index contributed by atoms with van der Waals surface area (Å²) in [6, 6.07) is 0. The summed E-state index contributed by atoms with van der Waals surface area (Å²) in [6.07, 6.45) is 0. The zero-order valence-electron chi connectivity index (χ0n) is 7.48. The van der Waals surface area contributed by atoms with E-state index in [4.69, 9.17) is 42.2 Å². The molecule has 0 rings (SSSR count). The minimum absolute atomic E-state index is 0. The topological polar surface area (TPSA) is 190 Å². The minimum atomic E-state index is -3.63. The normalized spacial score (nSPS) is 4.50. The Morgan fingerprint density at radius 1 is 0.500 bits per heavy atom. The summed E-state index contributed by atoms with van der Waals surface area (Å²) in [5.41, 5.74) is 0. The standard InChI is InChI=1S/2Ga.2In.3O3Si/c;;;;3*1-4(2)3/q;;2*+3;3*-2. The van der Waals surface area contributed by atoms with Gasteiger partial charge in [0.15, 0.2) is 0 Å². The van der Waals surface area contributed by atoms with Gasteiger partial charge in [-0.1, -0.05) is 0 Å². The average molecular weight is 597 g/mol. The van der Waals surface area contributed by atoms with E-state index >= 15 is 0 Å². The van der Waals surface area contributed by atoms with Gasteiger partial charge >= 0.3 is 51.7 Å². The molecule has 0 bridgehead atoms. The summed E-state index contributed by atoms with van der Waals surface area (Å²) in [6.45, 7) is 0. The van der Waals surface area contributed by atoms with Crippen LogP contribution in [0.4, 0.5) is 0 Å². The first-order valence-electron chi connectivity index (χ1n) is 1.84.